The predicted octanol–water partition coefficient (Wildman–Crippen LogP) is 1.43. The van der Waals surface area contributed by atoms with Crippen molar-refractivity contribution in [3.63, 3.8) is 0 Å². The minimum absolute atomic E-state index is 0.0245. The number of pyridine rings is 1. The Kier molecular flexibility index (Phi) is 5.00. The van der Waals surface area contributed by atoms with Crippen LogP contribution in [0.5, 0.6) is 0 Å². The number of hydrogen-bond donors (Lipinski definition) is 2. The Balaban J connectivity index is 2.92. The van der Waals surface area contributed by atoms with Crippen molar-refractivity contribution in [1.82, 2.24) is 9.71 Å². The summed E-state index contributed by atoms with van der Waals surface area (Å²) in [5, 5.41) is 0. The molecule has 1 heterocycles. The van der Waals surface area contributed by atoms with Crippen LogP contribution in [0.25, 0.3) is 0 Å². The molecule has 7 heteroatoms. The summed E-state index contributed by atoms with van der Waals surface area (Å²) in [7, 11) is -3.64. The molecule has 0 saturated heterocycles. The van der Waals surface area contributed by atoms with Crippen LogP contribution in [0.1, 0.15) is 32.9 Å². The molecule has 0 aromatic carbocycles. The third kappa shape index (κ3) is 4.85. The van der Waals surface area contributed by atoms with E-state index < -0.39 is 10.0 Å². The van der Waals surface area contributed by atoms with Crippen molar-refractivity contribution in [2.24, 2.45) is 11.1 Å². The third-order valence-electron chi connectivity index (χ3n) is 2.46. The molecule has 0 bridgehead atoms. The van der Waals surface area contributed by atoms with Gasteiger partial charge in [0.1, 0.15) is 15.6 Å². The fraction of sp³-hybridized carbons (Fsp3) is 0.500. The average Bonchev–Trinajstić information content (AvgIpc) is 2.27. The van der Waals surface area contributed by atoms with Gasteiger partial charge < -0.3 is 5.73 Å². The number of nitrogens with zero attached hydrogens (tertiary/aromatic N) is 1. The van der Waals surface area contributed by atoms with E-state index >= 15 is 0 Å². The zero-order valence-corrected chi connectivity index (χ0v) is 12.9. The van der Waals surface area contributed by atoms with Crippen LogP contribution in [0.2, 0.25) is 0 Å². The molecule has 5 nitrogen and oxygen atoms in total. The monoisotopic (exact) mass is 301 g/mol. The van der Waals surface area contributed by atoms with E-state index in [1.807, 2.05) is 20.8 Å². The molecule has 0 fully saturated rings. The number of aromatic nitrogens is 1. The van der Waals surface area contributed by atoms with Gasteiger partial charge in [-0.15, -0.1) is 0 Å². The van der Waals surface area contributed by atoms with E-state index in [1.54, 1.807) is 6.07 Å². The minimum atomic E-state index is -3.64. The summed E-state index contributed by atoms with van der Waals surface area (Å²) in [5.41, 5.74) is 5.67. The van der Waals surface area contributed by atoms with Crippen LogP contribution in [0, 0.1) is 5.41 Å². The SMILES string of the molecule is CC(C)(C)CCNS(=O)(=O)c1cccnc1C(N)=S. The highest BCUT2D eigenvalue weighted by Gasteiger charge is 2.21. The summed E-state index contributed by atoms with van der Waals surface area (Å²) >= 11 is 4.81. The first-order chi connectivity index (χ1) is 8.63. The van der Waals surface area contributed by atoms with E-state index in [9.17, 15) is 8.42 Å². The molecule has 1 aromatic heterocycles. The van der Waals surface area contributed by atoms with E-state index in [0.29, 0.717) is 6.54 Å². The van der Waals surface area contributed by atoms with Crippen molar-refractivity contribution in [3.05, 3.63) is 24.0 Å². The number of nitrogens with two attached hydrogens (primary N) is 1. The van der Waals surface area contributed by atoms with Crippen LogP contribution in [-0.4, -0.2) is 24.9 Å². The van der Waals surface area contributed by atoms with Crippen molar-refractivity contribution in [3.8, 4) is 0 Å². The van der Waals surface area contributed by atoms with E-state index in [2.05, 4.69) is 9.71 Å². The molecular weight excluding hydrogens is 282 g/mol. The average molecular weight is 301 g/mol. The summed E-state index contributed by atoms with van der Waals surface area (Å²) in [6.45, 7) is 6.50. The van der Waals surface area contributed by atoms with E-state index in [-0.39, 0.29) is 21.0 Å². The quantitative estimate of drug-likeness (QED) is 0.804. The molecule has 1 aromatic rings. The van der Waals surface area contributed by atoms with Crippen LogP contribution < -0.4 is 10.5 Å². The van der Waals surface area contributed by atoms with Gasteiger partial charge in [-0.05, 0) is 24.0 Å². The maximum Gasteiger partial charge on any atom is 0.242 e. The summed E-state index contributed by atoms with van der Waals surface area (Å²) < 4.78 is 26.9. The van der Waals surface area contributed by atoms with Crippen LogP contribution in [0.4, 0.5) is 0 Å². The molecule has 0 aliphatic carbocycles. The van der Waals surface area contributed by atoms with Gasteiger partial charge in [-0.2, -0.15) is 0 Å². The topological polar surface area (TPSA) is 85.1 Å². The fourth-order valence-electron chi connectivity index (χ4n) is 1.43. The van der Waals surface area contributed by atoms with Crippen LogP contribution >= 0.6 is 12.2 Å². The summed E-state index contributed by atoms with van der Waals surface area (Å²) in [6, 6.07) is 2.99. The smallest absolute Gasteiger partial charge is 0.242 e. The maximum atomic E-state index is 12.2. The van der Waals surface area contributed by atoms with Gasteiger partial charge in [0.15, 0.2) is 0 Å². The first-order valence-electron chi connectivity index (χ1n) is 5.88. The Hall–Kier alpha value is -1.05. The maximum absolute atomic E-state index is 12.2. The van der Waals surface area contributed by atoms with Crippen molar-refractivity contribution in [2.45, 2.75) is 32.1 Å². The van der Waals surface area contributed by atoms with Crippen LogP contribution in [0.15, 0.2) is 23.2 Å². The number of hydrogen-bond acceptors (Lipinski definition) is 4. The Morgan fingerprint density at radius 3 is 2.63 bits per heavy atom. The van der Waals surface area contributed by atoms with E-state index in [1.165, 1.54) is 12.3 Å². The lowest BCUT2D eigenvalue weighted by Crippen LogP contribution is -2.29. The van der Waals surface area contributed by atoms with E-state index in [0.717, 1.165) is 6.42 Å². The zero-order chi connectivity index (χ0) is 14.7. The largest absolute Gasteiger partial charge is 0.388 e. The zero-order valence-electron chi connectivity index (χ0n) is 11.3. The second-order valence-corrected chi connectivity index (χ2v) is 7.60. The number of sulfonamides is 1. The van der Waals surface area contributed by atoms with E-state index in [4.69, 9.17) is 18.0 Å². The molecule has 0 aliphatic heterocycles. The standard InChI is InChI=1S/C12H19N3O2S2/c1-12(2,3)6-8-15-19(16,17)9-5-4-7-14-10(9)11(13)18/h4-5,7,15H,6,8H2,1-3H3,(H2,13,18). The Morgan fingerprint density at radius 2 is 2.11 bits per heavy atom. The summed E-state index contributed by atoms with van der Waals surface area (Å²) in [4.78, 5) is 3.91. The lowest BCUT2D eigenvalue weighted by atomic mass is 9.93. The normalized spacial score (nSPS) is 12.4. The lowest BCUT2D eigenvalue weighted by molar-refractivity contribution is 0.378. The van der Waals surface area contributed by atoms with Gasteiger partial charge in [0, 0.05) is 12.7 Å². The van der Waals surface area contributed by atoms with Gasteiger partial charge in [-0.1, -0.05) is 33.0 Å². The molecule has 0 amide bonds. The molecule has 0 spiro atoms. The van der Waals surface area contributed by atoms with Gasteiger partial charge in [0.25, 0.3) is 0 Å². The molecule has 0 unspecified atom stereocenters. The number of rotatable bonds is 5. The predicted molar refractivity (Wildman–Crippen MR) is 79.4 cm³/mol. The second kappa shape index (κ2) is 5.94. The molecule has 106 valence electrons. The van der Waals surface area contributed by atoms with Gasteiger partial charge in [0.05, 0.1) is 0 Å². The third-order valence-corrected chi connectivity index (χ3v) is 4.15. The number of nitrogens with one attached hydrogen (secondary N) is 1. The molecule has 1 rings (SSSR count). The first kappa shape index (κ1) is 16.0. The molecule has 0 saturated carbocycles. The molecule has 0 aliphatic rings. The van der Waals surface area contributed by atoms with Crippen molar-refractivity contribution < 1.29 is 8.42 Å². The molecule has 19 heavy (non-hydrogen) atoms. The number of thiocarbonyl (C=S) groups is 1. The van der Waals surface area contributed by atoms with Crippen molar-refractivity contribution in [1.29, 1.82) is 0 Å². The molecule has 3 N–H and O–H groups in total. The highest BCUT2D eigenvalue weighted by Crippen LogP contribution is 2.18. The Labute approximate surface area is 119 Å². The summed E-state index contributed by atoms with van der Waals surface area (Å²) in [5.74, 6) is 0. The van der Waals surface area contributed by atoms with Gasteiger partial charge in [-0.25, -0.2) is 13.1 Å². The van der Waals surface area contributed by atoms with Crippen LogP contribution in [-0.2, 0) is 10.0 Å². The highest BCUT2D eigenvalue weighted by atomic mass is 32.2. The molecule has 0 radical (unpaired) electrons. The Bertz CT molecular complexity index is 563. The second-order valence-electron chi connectivity index (χ2n) is 5.42. The van der Waals surface area contributed by atoms with Crippen molar-refractivity contribution in [2.75, 3.05) is 6.54 Å². The molecular formula is C12H19N3O2S2. The minimum Gasteiger partial charge on any atom is -0.388 e. The Morgan fingerprint density at radius 1 is 1.47 bits per heavy atom. The van der Waals surface area contributed by atoms with Crippen LogP contribution in [0.3, 0.4) is 0 Å². The fourth-order valence-corrected chi connectivity index (χ4v) is 2.86. The molecule has 0 atom stereocenters. The van der Waals surface area contributed by atoms with Gasteiger partial charge in [0.2, 0.25) is 10.0 Å². The van der Waals surface area contributed by atoms with Gasteiger partial charge >= 0.3 is 0 Å². The first-order valence-corrected chi connectivity index (χ1v) is 7.77. The van der Waals surface area contributed by atoms with Gasteiger partial charge in [-0.3, -0.25) is 4.98 Å². The lowest BCUT2D eigenvalue weighted by Gasteiger charge is -2.18. The highest BCUT2D eigenvalue weighted by molar-refractivity contribution is 7.89. The van der Waals surface area contributed by atoms with Crippen molar-refractivity contribution >= 4 is 27.2 Å². The summed E-state index contributed by atoms with van der Waals surface area (Å²) in [6.07, 6.45) is 2.19.